The molecule has 0 radical (unpaired) electrons. The number of hydrogen-bond donors (Lipinski definition) is 0. The Morgan fingerprint density at radius 1 is 1.31 bits per heavy atom. The molecule has 0 aliphatic heterocycles. The molecule has 2 aromatic rings. The maximum Gasteiger partial charge on any atom is 0.127 e. The monoisotopic (exact) mass is 276 g/mol. The van der Waals surface area contributed by atoms with Gasteiger partial charge >= 0.3 is 0 Å². The Balaban J connectivity index is 2.77. The largest absolute Gasteiger partial charge is 0.327 e. The first-order valence-electron chi connectivity index (χ1n) is 5.03. The molecular formula is C11H11Cl3N2. The van der Waals surface area contributed by atoms with Gasteiger partial charge in [-0.05, 0) is 26.0 Å². The molecule has 0 spiro atoms. The maximum absolute atomic E-state index is 6.09. The van der Waals surface area contributed by atoms with Gasteiger partial charge in [-0.25, -0.2) is 4.98 Å². The van der Waals surface area contributed by atoms with Gasteiger partial charge in [0.1, 0.15) is 5.82 Å². The number of hydrogen-bond acceptors (Lipinski definition) is 1. The molecule has 16 heavy (non-hydrogen) atoms. The van der Waals surface area contributed by atoms with Crippen molar-refractivity contribution in [2.24, 2.45) is 0 Å². The highest BCUT2D eigenvalue weighted by molar-refractivity contribution is 6.42. The number of nitrogens with zero attached hydrogens (tertiary/aromatic N) is 2. The number of rotatable bonds is 2. The van der Waals surface area contributed by atoms with Crippen LogP contribution >= 0.6 is 34.8 Å². The molecule has 1 aromatic heterocycles. The van der Waals surface area contributed by atoms with Crippen LogP contribution in [0.15, 0.2) is 12.1 Å². The van der Waals surface area contributed by atoms with Crippen LogP contribution in [0, 0.1) is 0 Å². The van der Waals surface area contributed by atoms with Crippen molar-refractivity contribution in [1.29, 1.82) is 0 Å². The Labute approximate surface area is 109 Å². The van der Waals surface area contributed by atoms with Crippen LogP contribution in [0.5, 0.6) is 0 Å². The van der Waals surface area contributed by atoms with Crippen LogP contribution in [0.25, 0.3) is 11.0 Å². The molecule has 1 atom stereocenters. The van der Waals surface area contributed by atoms with Gasteiger partial charge in [-0.15, -0.1) is 11.6 Å². The smallest absolute Gasteiger partial charge is 0.127 e. The Hall–Kier alpha value is -0.440. The lowest BCUT2D eigenvalue weighted by Gasteiger charge is -2.07. The third-order valence-corrected chi connectivity index (χ3v) is 3.41. The summed E-state index contributed by atoms with van der Waals surface area (Å²) in [6, 6.07) is 3.60. The van der Waals surface area contributed by atoms with Crippen molar-refractivity contribution in [3.63, 3.8) is 0 Å². The normalized spacial score (nSPS) is 13.3. The minimum atomic E-state index is -0.134. The predicted molar refractivity (Wildman–Crippen MR) is 69.7 cm³/mol. The van der Waals surface area contributed by atoms with Gasteiger partial charge in [-0.1, -0.05) is 23.2 Å². The number of alkyl halides is 1. The van der Waals surface area contributed by atoms with Crippen LogP contribution in [0.1, 0.15) is 25.0 Å². The number of halogens is 3. The van der Waals surface area contributed by atoms with Gasteiger partial charge in [0, 0.05) is 6.54 Å². The van der Waals surface area contributed by atoms with Crippen molar-refractivity contribution in [3.05, 3.63) is 28.0 Å². The molecule has 0 amide bonds. The van der Waals surface area contributed by atoms with Crippen molar-refractivity contribution < 1.29 is 0 Å². The van der Waals surface area contributed by atoms with Gasteiger partial charge in [0.05, 0.1) is 26.5 Å². The molecule has 0 N–H and O–H groups in total. The Bertz CT molecular complexity index is 531. The molecule has 2 rings (SSSR count). The number of aryl methyl sites for hydroxylation is 1. The molecule has 1 aromatic carbocycles. The zero-order valence-electron chi connectivity index (χ0n) is 8.97. The molecule has 5 heteroatoms. The summed E-state index contributed by atoms with van der Waals surface area (Å²) in [4.78, 5) is 4.47. The topological polar surface area (TPSA) is 17.8 Å². The third-order valence-electron chi connectivity index (χ3n) is 2.49. The second-order valence-electron chi connectivity index (χ2n) is 3.59. The summed E-state index contributed by atoms with van der Waals surface area (Å²) in [7, 11) is 0. The lowest BCUT2D eigenvalue weighted by Crippen LogP contribution is -2.01. The highest BCUT2D eigenvalue weighted by atomic mass is 35.5. The fourth-order valence-corrected chi connectivity index (χ4v) is 2.26. The second kappa shape index (κ2) is 4.44. The molecule has 0 fully saturated rings. The van der Waals surface area contributed by atoms with Gasteiger partial charge in [0.15, 0.2) is 0 Å². The first-order chi connectivity index (χ1) is 7.54. The maximum atomic E-state index is 6.09. The van der Waals surface area contributed by atoms with Gasteiger partial charge in [-0.3, -0.25) is 0 Å². The van der Waals surface area contributed by atoms with Gasteiger partial charge in [0.2, 0.25) is 0 Å². The Kier molecular flexibility index (Phi) is 3.34. The van der Waals surface area contributed by atoms with Gasteiger partial charge in [0.25, 0.3) is 0 Å². The molecule has 0 saturated carbocycles. The van der Waals surface area contributed by atoms with Crippen LogP contribution in [0.4, 0.5) is 0 Å². The highest BCUT2D eigenvalue weighted by Gasteiger charge is 2.15. The number of benzene rings is 1. The highest BCUT2D eigenvalue weighted by Crippen LogP contribution is 2.30. The first kappa shape index (κ1) is 12.0. The van der Waals surface area contributed by atoms with E-state index in [9.17, 15) is 0 Å². The summed E-state index contributed by atoms with van der Waals surface area (Å²) < 4.78 is 2.05. The molecule has 0 aliphatic carbocycles. The molecule has 0 aliphatic rings. The van der Waals surface area contributed by atoms with E-state index in [0.29, 0.717) is 10.0 Å². The van der Waals surface area contributed by atoms with Crippen molar-refractivity contribution in [1.82, 2.24) is 9.55 Å². The van der Waals surface area contributed by atoms with Crippen LogP contribution in [0.3, 0.4) is 0 Å². The molecular weight excluding hydrogens is 266 g/mol. The summed E-state index contributed by atoms with van der Waals surface area (Å²) >= 11 is 18.0. The van der Waals surface area contributed by atoms with E-state index in [1.165, 1.54) is 0 Å². The van der Waals surface area contributed by atoms with Crippen molar-refractivity contribution >= 4 is 45.8 Å². The van der Waals surface area contributed by atoms with Gasteiger partial charge < -0.3 is 4.57 Å². The third kappa shape index (κ3) is 1.90. The van der Waals surface area contributed by atoms with Crippen LogP contribution < -0.4 is 0 Å². The minimum Gasteiger partial charge on any atom is -0.327 e. The summed E-state index contributed by atoms with van der Waals surface area (Å²) in [6.45, 7) is 4.76. The van der Waals surface area contributed by atoms with E-state index in [-0.39, 0.29) is 5.38 Å². The quantitative estimate of drug-likeness (QED) is 0.730. The molecule has 1 unspecified atom stereocenters. The minimum absolute atomic E-state index is 0.134. The molecule has 86 valence electrons. The lowest BCUT2D eigenvalue weighted by molar-refractivity contribution is 0.717. The van der Waals surface area contributed by atoms with E-state index in [4.69, 9.17) is 34.8 Å². The van der Waals surface area contributed by atoms with Crippen LogP contribution in [-0.2, 0) is 6.54 Å². The molecule has 1 heterocycles. The zero-order chi connectivity index (χ0) is 11.9. The second-order valence-corrected chi connectivity index (χ2v) is 5.05. The van der Waals surface area contributed by atoms with E-state index >= 15 is 0 Å². The Morgan fingerprint density at radius 2 is 1.94 bits per heavy atom. The number of aromatic nitrogens is 2. The van der Waals surface area contributed by atoms with E-state index in [1.54, 1.807) is 6.07 Å². The molecule has 0 saturated heterocycles. The average Bonchev–Trinajstić information content (AvgIpc) is 2.57. The fraction of sp³-hybridized carbons (Fsp3) is 0.364. The number of imidazole rings is 1. The van der Waals surface area contributed by atoms with Crippen LogP contribution in [-0.4, -0.2) is 9.55 Å². The zero-order valence-corrected chi connectivity index (χ0v) is 11.2. The Morgan fingerprint density at radius 3 is 2.50 bits per heavy atom. The van der Waals surface area contributed by atoms with Crippen molar-refractivity contribution in [2.45, 2.75) is 25.8 Å². The van der Waals surface area contributed by atoms with E-state index < -0.39 is 0 Å². The average molecular weight is 278 g/mol. The first-order valence-corrected chi connectivity index (χ1v) is 6.23. The predicted octanol–water partition coefficient (Wildman–Crippen LogP) is 4.66. The lowest BCUT2D eigenvalue weighted by atomic mass is 10.3. The van der Waals surface area contributed by atoms with Crippen molar-refractivity contribution in [3.8, 4) is 0 Å². The summed E-state index contributed by atoms with van der Waals surface area (Å²) in [6.07, 6.45) is 0. The van der Waals surface area contributed by atoms with Gasteiger partial charge in [-0.2, -0.15) is 0 Å². The standard InChI is InChI=1S/C11H11Cl3N2/c1-3-16-10-5-8(14)7(13)4-9(10)15-11(16)6(2)12/h4-6H,3H2,1-2H3. The van der Waals surface area contributed by atoms with Crippen LogP contribution in [0.2, 0.25) is 10.0 Å². The molecule has 0 bridgehead atoms. The van der Waals surface area contributed by atoms with E-state index in [0.717, 1.165) is 23.4 Å². The summed E-state index contributed by atoms with van der Waals surface area (Å²) in [5.41, 5.74) is 1.80. The fourth-order valence-electron chi connectivity index (χ4n) is 1.77. The summed E-state index contributed by atoms with van der Waals surface area (Å²) in [5, 5.41) is 0.922. The number of fused-ring (bicyclic) bond motifs is 1. The molecule has 2 nitrogen and oxygen atoms in total. The van der Waals surface area contributed by atoms with E-state index in [2.05, 4.69) is 9.55 Å². The van der Waals surface area contributed by atoms with E-state index in [1.807, 2.05) is 19.9 Å². The SMILES string of the molecule is CCn1c(C(C)Cl)nc2cc(Cl)c(Cl)cc21. The summed E-state index contributed by atoms with van der Waals surface area (Å²) in [5.74, 6) is 0.845. The van der Waals surface area contributed by atoms with Crippen molar-refractivity contribution in [2.75, 3.05) is 0 Å².